The monoisotopic (exact) mass is 261 g/mol. The molecule has 3 rings (SSSR count). The van der Waals surface area contributed by atoms with Crippen LogP contribution in [0.5, 0.6) is 0 Å². The van der Waals surface area contributed by atoms with Crippen molar-refractivity contribution >= 4 is 0 Å². The molecule has 4 nitrogen and oxygen atoms in total. The number of benzene rings is 1. The average Bonchev–Trinajstić information content (AvgIpc) is 2.91. The fraction of sp³-hybridized carbons (Fsp3) is 0.429. The molecular formula is C14H16FN3O. The van der Waals surface area contributed by atoms with Gasteiger partial charge >= 0.3 is 0 Å². The number of rotatable bonds is 3. The zero-order chi connectivity index (χ0) is 13.1. The summed E-state index contributed by atoms with van der Waals surface area (Å²) in [7, 11) is 0. The van der Waals surface area contributed by atoms with Crippen LogP contribution in [0, 0.1) is 5.82 Å². The standard InChI is InChI=1S/C14H16FN3O/c15-11-6-2-1-5-10(11)9-13-17-14(19-18-13)12-7-3-4-8-16-12/h1-2,5-6,12,16H,3-4,7-9H2. The minimum Gasteiger partial charge on any atom is -0.338 e. The van der Waals surface area contributed by atoms with Gasteiger partial charge in [-0.25, -0.2) is 4.39 Å². The van der Waals surface area contributed by atoms with Gasteiger partial charge in [0.05, 0.1) is 6.04 Å². The average molecular weight is 261 g/mol. The molecule has 1 saturated heterocycles. The van der Waals surface area contributed by atoms with Crippen LogP contribution < -0.4 is 5.32 Å². The Hall–Kier alpha value is -1.75. The van der Waals surface area contributed by atoms with Crippen LogP contribution in [-0.4, -0.2) is 16.7 Å². The van der Waals surface area contributed by atoms with Gasteiger partial charge in [-0.15, -0.1) is 0 Å². The van der Waals surface area contributed by atoms with E-state index < -0.39 is 0 Å². The number of piperidine rings is 1. The lowest BCUT2D eigenvalue weighted by Gasteiger charge is -2.19. The Balaban J connectivity index is 1.73. The van der Waals surface area contributed by atoms with Crippen molar-refractivity contribution < 1.29 is 8.91 Å². The van der Waals surface area contributed by atoms with Crippen molar-refractivity contribution in [3.05, 3.63) is 47.4 Å². The Morgan fingerprint density at radius 2 is 2.21 bits per heavy atom. The minimum absolute atomic E-state index is 0.149. The zero-order valence-corrected chi connectivity index (χ0v) is 10.6. The lowest BCUT2D eigenvalue weighted by molar-refractivity contribution is 0.296. The summed E-state index contributed by atoms with van der Waals surface area (Å²) in [6.45, 7) is 0.982. The number of nitrogens with zero attached hydrogens (tertiary/aromatic N) is 2. The quantitative estimate of drug-likeness (QED) is 0.922. The van der Waals surface area contributed by atoms with Crippen LogP contribution in [0.1, 0.15) is 42.6 Å². The molecule has 0 saturated carbocycles. The Morgan fingerprint density at radius 1 is 1.32 bits per heavy atom. The second-order valence-electron chi connectivity index (χ2n) is 4.82. The first-order valence-electron chi connectivity index (χ1n) is 6.62. The fourth-order valence-electron chi connectivity index (χ4n) is 2.36. The van der Waals surface area contributed by atoms with Gasteiger partial charge in [0.1, 0.15) is 5.82 Å². The van der Waals surface area contributed by atoms with Gasteiger partial charge < -0.3 is 9.84 Å². The molecule has 1 unspecified atom stereocenters. The number of halogens is 1. The van der Waals surface area contributed by atoms with Crippen molar-refractivity contribution in [2.75, 3.05) is 6.54 Å². The van der Waals surface area contributed by atoms with Crippen LogP contribution in [-0.2, 0) is 6.42 Å². The summed E-state index contributed by atoms with van der Waals surface area (Å²) < 4.78 is 18.8. The van der Waals surface area contributed by atoms with Crippen LogP contribution >= 0.6 is 0 Å². The molecule has 1 atom stereocenters. The van der Waals surface area contributed by atoms with E-state index in [4.69, 9.17) is 4.52 Å². The topological polar surface area (TPSA) is 51.0 Å². The first-order valence-corrected chi connectivity index (χ1v) is 6.62. The fourth-order valence-corrected chi connectivity index (χ4v) is 2.36. The van der Waals surface area contributed by atoms with Gasteiger partial charge in [-0.1, -0.05) is 29.8 Å². The summed E-state index contributed by atoms with van der Waals surface area (Å²) in [5.41, 5.74) is 0.589. The molecule has 1 N–H and O–H groups in total. The molecule has 2 aromatic rings. The maximum atomic E-state index is 13.5. The lowest BCUT2D eigenvalue weighted by atomic mass is 10.1. The van der Waals surface area contributed by atoms with E-state index >= 15 is 0 Å². The maximum absolute atomic E-state index is 13.5. The molecule has 19 heavy (non-hydrogen) atoms. The van der Waals surface area contributed by atoms with E-state index in [1.807, 2.05) is 6.07 Å². The second kappa shape index (κ2) is 5.48. The molecule has 1 fully saturated rings. The Labute approximate surface area is 111 Å². The maximum Gasteiger partial charge on any atom is 0.243 e. The summed E-state index contributed by atoms with van der Waals surface area (Å²) in [6, 6.07) is 6.81. The van der Waals surface area contributed by atoms with E-state index in [0.29, 0.717) is 23.7 Å². The summed E-state index contributed by atoms with van der Waals surface area (Å²) >= 11 is 0. The molecular weight excluding hydrogens is 245 g/mol. The second-order valence-corrected chi connectivity index (χ2v) is 4.82. The Kier molecular flexibility index (Phi) is 3.55. The predicted molar refractivity (Wildman–Crippen MR) is 68.1 cm³/mol. The van der Waals surface area contributed by atoms with Gasteiger partial charge in [0.15, 0.2) is 5.82 Å². The molecule has 1 aromatic heterocycles. The molecule has 0 radical (unpaired) electrons. The zero-order valence-electron chi connectivity index (χ0n) is 10.6. The first kappa shape index (κ1) is 12.3. The molecule has 5 heteroatoms. The predicted octanol–water partition coefficient (Wildman–Crippen LogP) is 2.61. The molecule has 0 spiro atoms. The minimum atomic E-state index is -0.232. The Morgan fingerprint density at radius 3 is 3.00 bits per heavy atom. The molecule has 1 aromatic carbocycles. The van der Waals surface area contributed by atoms with Crippen molar-refractivity contribution in [2.45, 2.75) is 31.7 Å². The van der Waals surface area contributed by atoms with Crippen molar-refractivity contribution in [3.63, 3.8) is 0 Å². The molecule has 2 heterocycles. The normalized spacial score (nSPS) is 19.5. The van der Waals surface area contributed by atoms with Crippen molar-refractivity contribution in [1.82, 2.24) is 15.5 Å². The lowest BCUT2D eigenvalue weighted by Crippen LogP contribution is -2.27. The van der Waals surface area contributed by atoms with E-state index in [-0.39, 0.29) is 11.9 Å². The molecule has 0 bridgehead atoms. The van der Waals surface area contributed by atoms with Gasteiger partial charge in [0.25, 0.3) is 0 Å². The van der Waals surface area contributed by atoms with Crippen molar-refractivity contribution in [3.8, 4) is 0 Å². The smallest absolute Gasteiger partial charge is 0.243 e. The highest BCUT2D eigenvalue weighted by Gasteiger charge is 2.21. The number of hydrogen-bond acceptors (Lipinski definition) is 4. The van der Waals surface area contributed by atoms with Gasteiger partial charge in [0.2, 0.25) is 5.89 Å². The highest BCUT2D eigenvalue weighted by molar-refractivity contribution is 5.20. The Bertz CT molecular complexity index is 549. The third-order valence-corrected chi connectivity index (χ3v) is 3.40. The third kappa shape index (κ3) is 2.81. The molecule has 1 aliphatic rings. The number of aromatic nitrogens is 2. The van der Waals surface area contributed by atoms with Crippen molar-refractivity contribution in [2.24, 2.45) is 0 Å². The molecule has 1 aliphatic heterocycles. The number of hydrogen-bond donors (Lipinski definition) is 1. The third-order valence-electron chi connectivity index (χ3n) is 3.40. The molecule has 0 aliphatic carbocycles. The van der Waals surface area contributed by atoms with E-state index in [1.54, 1.807) is 12.1 Å². The largest absolute Gasteiger partial charge is 0.338 e. The molecule has 100 valence electrons. The summed E-state index contributed by atoms with van der Waals surface area (Å²) in [5, 5.41) is 7.29. The highest BCUT2D eigenvalue weighted by atomic mass is 19.1. The van der Waals surface area contributed by atoms with E-state index in [0.717, 1.165) is 13.0 Å². The van der Waals surface area contributed by atoms with Crippen LogP contribution in [0.15, 0.2) is 28.8 Å². The SMILES string of the molecule is Fc1ccccc1Cc1noc(C2CCCCN2)n1. The van der Waals surface area contributed by atoms with Gasteiger partial charge in [-0.05, 0) is 31.0 Å². The summed E-state index contributed by atoms with van der Waals surface area (Å²) in [4.78, 5) is 4.36. The highest BCUT2D eigenvalue weighted by Crippen LogP contribution is 2.21. The summed E-state index contributed by atoms with van der Waals surface area (Å²) in [6.07, 6.45) is 3.74. The van der Waals surface area contributed by atoms with Crippen LogP contribution in [0.4, 0.5) is 4.39 Å². The van der Waals surface area contributed by atoms with E-state index in [9.17, 15) is 4.39 Å². The van der Waals surface area contributed by atoms with Gasteiger partial charge in [0, 0.05) is 6.42 Å². The van der Waals surface area contributed by atoms with Crippen molar-refractivity contribution in [1.29, 1.82) is 0 Å². The first-order chi connectivity index (χ1) is 9.33. The van der Waals surface area contributed by atoms with Crippen LogP contribution in [0.25, 0.3) is 0 Å². The number of nitrogens with one attached hydrogen (secondary N) is 1. The van der Waals surface area contributed by atoms with E-state index in [2.05, 4.69) is 15.5 Å². The van der Waals surface area contributed by atoms with Crippen LogP contribution in [0.3, 0.4) is 0 Å². The van der Waals surface area contributed by atoms with Crippen LogP contribution in [0.2, 0.25) is 0 Å². The van der Waals surface area contributed by atoms with E-state index in [1.165, 1.54) is 18.9 Å². The van der Waals surface area contributed by atoms with Gasteiger partial charge in [-0.3, -0.25) is 0 Å². The van der Waals surface area contributed by atoms with Gasteiger partial charge in [-0.2, -0.15) is 4.98 Å². The molecule has 0 amide bonds. The summed E-state index contributed by atoms with van der Waals surface area (Å²) in [5.74, 6) is 0.920.